The summed E-state index contributed by atoms with van der Waals surface area (Å²) < 4.78 is 0. The van der Waals surface area contributed by atoms with Crippen molar-refractivity contribution in [3.63, 3.8) is 0 Å². The Labute approximate surface area is 207 Å². The zero-order chi connectivity index (χ0) is 22.2. The predicted octanol–water partition coefficient (Wildman–Crippen LogP) is 9.67. The predicted molar refractivity (Wildman–Crippen MR) is 142 cm³/mol. The van der Waals surface area contributed by atoms with E-state index in [0.29, 0.717) is 11.8 Å². The summed E-state index contributed by atoms with van der Waals surface area (Å²) in [7, 11) is 0. The molecule has 0 spiro atoms. The molecular formula is C32H30Co. The van der Waals surface area contributed by atoms with Crippen molar-refractivity contribution < 1.29 is 16.8 Å². The van der Waals surface area contributed by atoms with Gasteiger partial charge in [0.05, 0.1) is 0 Å². The fourth-order valence-electron chi connectivity index (χ4n) is 5.35. The van der Waals surface area contributed by atoms with Crippen molar-refractivity contribution in [2.75, 3.05) is 0 Å². The second-order valence-electron chi connectivity index (χ2n) is 9.32. The molecule has 1 radical (unpaired) electrons. The van der Waals surface area contributed by atoms with Gasteiger partial charge in [0.25, 0.3) is 0 Å². The van der Waals surface area contributed by atoms with Gasteiger partial charge >= 0.3 is 16.8 Å². The van der Waals surface area contributed by atoms with Gasteiger partial charge in [0.15, 0.2) is 0 Å². The van der Waals surface area contributed by atoms with Crippen LogP contribution >= 0.6 is 0 Å². The molecule has 0 saturated carbocycles. The Hall–Kier alpha value is -2.87. The van der Waals surface area contributed by atoms with Gasteiger partial charge in [-0.05, 0) is 11.8 Å². The molecule has 0 aromatic heterocycles. The maximum Gasteiger partial charge on any atom is 2.00 e. The molecule has 0 atom stereocenters. The Morgan fingerprint density at radius 2 is 0.606 bits per heavy atom. The van der Waals surface area contributed by atoms with Crippen LogP contribution in [0.15, 0.2) is 97.1 Å². The number of hydrogen-bond acceptors (Lipinski definition) is 0. The normalized spacial score (nSPS) is 11.3. The summed E-state index contributed by atoms with van der Waals surface area (Å²) in [6.45, 7) is 9.09. The molecule has 6 aromatic rings. The van der Waals surface area contributed by atoms with E-state index in [2.05, 4.69) is 125 Å². The minimum Gasteiger partial charge on any atom is -0.120 e. The molecule has 0 fully saturated rings. The fourth-order valence-corrected chi connectivity index (χ4v) is 5.35. The van der Waals surface area contributed by atoms with Crippen molar-refractivity contribution in [1.29, 1.82) is 0 Å². The third kappa shape index (κ3) is 4.01. The van der Waals surface area contributed by atoms with Crippen molar-refractivity contribution >= 4 is 43.1 Å². The zero-order valence-corrected chi connectivity index (χ0v) is 20.8. The van der Waals surface area contributed by atoms with E-state index in [-0.39, 0.29) is 16.8 Å². The second kappa shape index (κ2) is 9.55. The molecule has 0 nitrogen and oxygen atoms in total. The summed E-state index contributed by atoms with van der Waals surface area (Å²) in [5.74, 6) is 1.15. The van der Waals surface area contributed by atoms with Crippen LogP contribution in [-0.4, -0.2) is 0 Å². The van der Waals surface area contributed by atoms with Gasteiger partial charge in [-0.1, -0.05) is 100 Å². The average Bonchev–Trinajstić information content (AvgIpc) is 3.33. The van der Waals surface area contributed by atoms with Crippen LogP contribution in [-0.2, 0) is 16.8 Å². The molecule has 0 bridgehead atoms. The first kappa shape index (κ1) is 23.3. The third-order valence-electron chi connectivity index (χ3n) is 6.60. The average molecular weight is 474 g/mol. The van der Waals surface area contributed by atoms with Crippen molar-refractivity contribution in [3.8, 4) is 0 Å². The molecule has 0 amide bonds. The van der Waals surface area contributed by atoms with Crippen LogP contribution in [0.4, 0.5) is 0 Å². The molecule has 6 aromatic carbocycles. The second-order valence-corrected chi connectivity index (χ2v) is 9.32. The van der Waals surface area contributed by atoms with Gasteiger partial charge in [0, 0.05) is 0 Å². The van der Waals surface area contributed by atoms with Crippen LogP contribution in [0, 0.1) is 0 Å². The van der Waals surface area contributed by atoms with E-state index in [4.69, 9.17) is 0 Å². The molecule has 0 aliphatic rings. The van der Waals surface area contributed by atoms with E-state index >= 15 is 0 Å². The van der Waals surface area contributed by atoms with Crippen molar-refractivity contribution in [2.24, 2.45) is 0 Å². The smallest absolute Gasteiger partial charge is 0.120 e. The largest absolute Gasteiger partial charge is 2.00 e. The van der Waals surface area contributed by atoms with Crippen LogP contribution in [0.3, 0.4) is 0 Å². The minimum absolute atomic E-state index is 0. The molecule has 167 valence electrons. The zero-order valence-electron chi connectivity index (χ0n) is 19.7. The standard InChI is InChI=1S/2C16H15.Co/c2*1-11(2)16-14-9-5-3-7-12(14)13-8-4-6-10-15(13)16;/h2*3-11H,1-2H3;/q2*-1;+2. The molecule has 0 heterocycles. The molecule has 33 heavy (non-hydrogen) atoms. The van der Waals surface area contributed by atoms with Crippen molar-refractivity contribution in [2.45, 2.75) is 39.5 Å². The minimum atomic E-state index is 0. The van der Waals surface area contributed by atoms with E-state index < -0.39 is 0 Å². The van der Waals surface area contributed by atoms with E-state index in [1.165, 1.54) is 54.2 Å². The van der Waals surface area contributed by atoms with Gasteiger partial charge in [-0.3, -0.25) is 0 Å². The van der Waals surface area contributed by atoms with Crippen molar-refractivity contribution in [3.05, 3.63) is 108 Å². The summed E-state index contributed by atoms with van der Waals surface area (Å²) in [6, 6.07) is 34.9. The van der Waals surface area contributed by atoms with Gasteiger partial charge in [-0.15, -0.1) is 78.5 Å². The van der Waals surface area contributed by atoms with Gasteiger partial charge in [0.1, 0.15) is 0 Å². The molecule has 0 saturated heterocycles. The topological polar surface area (TPSA) is 0 Å². The number of rotatable bonds is 2. The Balaban J connectivity index is 0.000000152. The van der Waals surface area contributed by atoms with Crippen LogP contribution < -0.4 is 0 Å². The third-order valence-corrected chi connectivity index (χ3v) is 6.60. The van der Waals surface area contributed by atoms with Crippen LogP contribution in [0.1, 0.15) is 50.7 Å². The SMILES string of the molecule is CC(C)[c-]1c2ccccc2c2ccccc21.CC(C)[c-]1c2ccccc2c2ccccc21.[Co+2]. The van der Waals surface area contributed by atoms with Crippen LogP contribution in [0.5, 0.6) is 0 Å². The van der Waals surface area contributed by atoms with Gasteiger partial charge in [0.2, 0.25) is 0 Å². The van der Waals surface area contributed by atoms with Gasteiger partial charge < -0.3 is 0 Å². The van der Waals surface area contributed by atoms with Gasteiger partial charge in [-0.25, -0.2) is 0 Å². The maximum absolute atomic E-state index is 2.27. The molecule has 1 heteroatoms. The fraction of sp³-hybridized carbons (Fsp3) is 0.188. The van der Waals surface area contributed by atoms with Crippen molar-refractivity contribution in [1.82, 2.24) is 0 Å². The molecule has 0 aliphatic carbocycles. The first-order valence-electron chi connectivity index (χ1n) is 11.7. The summed E-state index contributed by atoms with van der Waals surface area (Å²) in [5, 5.41) is 11.2. The maximum atomic E-state index is 2.27. The summed E-state index contributed by atoms with van der Waals surface area (Å²) >= 11 is 0. The van der Waals surface area contributed by atoms with E-state index in [1.54, 1.807) is 0 Å². The summed E-state index contributed by atoms with van der Waals surface area (Å²) in [6.07, 6.45) is 0. The first-order chi connectivity index (χ1) is 15.6. The Morgan fingerprint density at radius 1 is 0.394 bits per heavy atom. The number of fused-ring (bicyclic) bond motifs is 6. The number of hydrogen-bond donors (Lipinski definition) is 0. The Kier molecular flexibility index (Phi) is 6.74. The summed E-state index contributed by atoms with van der Waals surface area (Å²) in [5.41, 5.74) is 2.98. The van der Waals surface area contributed by atoms with Crippen LogP contribution in [0.25, 0.3) is 43.1 Å². The van der Waals surface area contributed by atoms with E-state index in [1.807, 2.05) is 0 Å². The van der Waals surface area contributed by atoms with E-state index in [0.717, 1.165) is 0 Å². The van der Waals surface area contributed by atoms with Crippen LogP contribution in [0.2, 0.25) is 0 Å². The Morgan fingerprint density at radius 3 is 0.818 bits per heavy atom. The quantitative estimate of drug-likeness (QED) is 0.220. The molecule has 6 rings (SSSR count). The van der Waals surface area contributed by atoms with Gasteiger partial charge in [-0.2, -0.15) is 0 Å². The summed E-state index contributed by atoms with van der Waals surface area (Å²) in [4.78, 5) is 0. The molecule has 0 N–H and O–H groups in total. The Bertz CT molecular complexity index is 1300. The molecule has 0 unspecified atom stereocenters. The first-order valence-corrected chi connectivity index (χ1v) is 11.7. The molecular weight excluding hydrogens is 443 g/mol. The monoisotopic (exact) mass is 473 g/mol. The molecule has 0 aliphatic heterocycles. The number of benzene rings is 4. The van der Waals surface area contributed by atoms with E-state index in [9.17, 15) is 0 Å².